The molecule has 8 heteroatoms. The molecule has 0 unspecified atom stereocenters. The summed E-state index contributed by atoms with van der Waals surface area (Å²) in [6.07, 6.45) is 1.74. The van der Waals surface area contributed by atoms with Gasteiger partial charge in [-0.3, -0.25) is 9.79 Å². The number of guanidine groups is 1. The Labute approximate surface area is 186 Å². The summed E-state index contributed by atoms with van der Waals surface area (Å²) in [5, 5.41) is 6.23. The Kier molecular flexibility index (Phi) is 8.81. The number of halogens is 3. The molecule has 0 saturated carbocycles. The molecular weight excluding hydrogens is 489 g/mol. The van der Waals surface area contributed by atoms with Crippen molar-refractivity contribution in [3.63, 3.8) is 0 Å². The van der Waals surface area contributed by atoms with E-state index in [9.17, 15) is 13.6 Å². The van der Waals surface area contributed by atoms with Gasteiger partial charge in [0.15, 0.2) is 5.96 Å². The van der Waals surface area contributed by atoms with Crippen molar-refractivity contribution in [2.45, 2.75) is 25.8 Å². The number of amides is 1. The molecule has 1 aliphatic heterocycles. The van der Waals surface area contributed by atoms with Crippen LogP contribution in [0, 0.1) is 11.6 Å². The van der Waals surface area contributed by atoms with Crippen molar-refractivity contribution >= 4 is 41.5 Å². The second-order valence-corrected chi connectivity index (χ2v) is 6.62. The maximum Gasteiger partial charge on any atom is 0.227 e. The van der Waals surface area contributed by atoms with Gasteiger partial charge in [0.05, 0.1) is 0 Å². The molecule has 0 spiro atoms. The van der Waals surface area contributed by atoms with Crippen molar-refractivity contribution in [2.75, 3.05) is 25.0 Å². The van der Waals surface area contributed by atoms with E-state index >= 15 is 0 Å². The summed E-state index contributed by atoms with van der Waals surface area (Å²) in [4.78, 5) is 17.7. The molecule has 2 N–H and O–H groups in total. The minimum Gasteiger partial charge on any atom is -0.356 e. The number of hydrogen-bond acceptors (Lipinski definition) is 2. The maximum atomic E-state index is 13.7. The molecule has 1 amide bonds. The van der Waals surface area contributed by atoms with Crippen LogP contribution < -0.4 is 15.5 Å². The van der Waals surface area contributed by atoms with E-state index in [1.165, 1.54) is 18.2 Å². The summed E-state index contributed by atoms with van der Waals surface area (Å²) in [7, 11) is 1.64. The van der Waals surface area contributed by atoms with Crippen molar-refractivity contribution in [1.29, 1.82) is 0 Å². The molecule has 2 aromatic carbocycles. The first-order valence-corrected chi connectivity index (χ1v) is 9.35. The van der Waals surface area contributed by atoms with Crippen molar-refractivity contribution < 1.29 is 13.6 Å². The van der Waals surface area contributed by atoms with E-state index in [1.54, 1.807) is 11.9 Å². The van der Waals surface area contributed by atoms with Gasteiger partial charge in [0.1, 0.15) is 11.6 Å². The van der Waals surface area contributed by atoms with Crippen LogP contribution in [-0.4, -0.2) is 32.0 Å². The first kappa shape index (κ1) is 23.1. The number of benzene rings is 2. The van der Waals surface area contributed by atoms with Crippen molar-refractivity contribution in [3.05, 3.63) is 65.2 Å². The Bertz CT molecular complexity index is 838. The second kappa shape index (κ2) is 11.1. The lowest BCUT2D eigenvalue weighted by Gasteiger charge is -2.16. The van der Waals surface area contributed by atoms with Crippen LogP contribution in [0.2, 0.25) is 0 Å². The highest BCUT2D eigenvalue weighted by molar-refractivity contribution is 14.0. The molecule has 2 aromatic rings. The first-order chi connectivity index (χ1) is 13.6. The quantitative estimate of drug-likeness (QED) is 0.352. The summed E-state index contributed by atoms with van der Waals surface area (Å²) < 4.78 is 27.3. The smallest absolute Gasteiger partial charge is 0.227 e. The average Bonchev–Trinajstić information content (AvgIpc) is 3.13. The number of nitrogens with zero attached hydrogens (tertiary/aromatic N) is 2. The van der Waals surface area contributed by atoms with Crippen LogP contribution in [0.25, 0.3) is 0 Å². The van der Waals surface area contributed by atoms with Crippen LogP contribution in [0.5, 0.6) is 0 Å². The lowest BCUT2D eigenvalue weighted by Crippen LogP contribution is -2.38. The zero-order valence-corrected chi connectivity index (χ0v) is 18.6. The van der Waals surface area contributed by atoms with E-state index in [0.717, 1.165) is 24.2 Å². The van der Waals surface area contributed by atoms with E-state index in [-0.39, 0.29) is 41.9 Å². The van der Waals surface area contributed by atoms with Crippen molar-refractivity contribution in [3.8, 4) is 0 Å². The monoisotopic (exact) mass is 514 g/mol. The topological polar surface area (TPSA) is 56.7 Å². The molecule has 0 atom stereocenters. The normalized spacial score (nSPS) is 14.0. The van der Waals surface area contributed by atoms with E-state index in [4.69, 9.17) is 0 Å². The van der Waals surface area contributed by atoms with Crippen LogP contribution in [0.4, 0.5) is 14.5 Å². The van der Waals surface area contributed by atoms with Crippen LogP contribution in [0.1, 0.15) is 24.0 Å². The van der Waals surface area contributed by atoms with E-state index in [0.29, 0.717) is 25.5 Å². The third-order valence-corrected chi connectivity index (χ3v) is 4.73. The Morgan fingerprint density at radius 1 is 1.10 bits per heavy atom. The largest absolute Gasteiger partial charge is 0.356 e. The van der Waals surface area contributed by atoms with Gasteiger partial charge in [0, 0.05) is 44.4 Å². The van der Waals surface area contributed by atoms with Gasteiger partial charge in [-0.25, -0.2) is 8.78 Å². The van der Waals surface area contributed by atoms with Gasteiger partial charge in [-0.2, -0.15) is 0 Å². The Hall–Kier alpha value is -2.23. The number of rotatable bonds is 6. The molecule has 1 saturated heterocycles. The fourth-order valence-corrected chi connectivity index (χ4v) is 3.20. The highest BCUT2D eigenvalue weighted by Gasteiger charge is 2.21. The van der Waals surface area contributed by atoms with E-state index in [2.05, 4.69) is 15.6 Å². The van der Waals surface area contributed by atoms with Gasteiger partial charge >= 0.3 is 0 Å². The molecule has 0 radical (unpaired) electrons. The summed E-state index contributed by atoms with van der Waals surface area (Å²) >= 11 is 0. The van der Waals surface area contributed by atoms with Gasteiger partial charge in [-0.05, 0) is 42.7 Å². The standard InChI is InChI=1S/C21H24F2N4O.HI/c1-24-21(25-12-11-17-18(22)4-2-5-19(17)23)26-14-15-7-9-16(10-8-15)27-13-3-6-20(27)28;/h2,4-5,7-10H,3,6,11-14H2,1H3,(H2,24,25,26);1H. The molecule has 0 aromatic heterocycles. The fraction of sp³-hybridized carbons (Fsp3) is 0.333. The number of carbonyl (C=O) groups is 1. The van der Waals surface area contributed by atoms with Crippen LogP contribution in [0.3, 0.4) is 0 Å². The van der Waals surface area contributed by atoms with Crippen molar-refractivity contribution in [1.82, 2.24) is 10.6 Å². The molecule has 1 heterocycles. The SMILES string of the molecule is CN=C(NCCc1c(F)cccc1F)NCc1ccc(N2CCCC2=O)cc1.I. The molecule has 3 rings (SSSR count). The molecule has 0 aliphatic carbocycles. The molecule has 1 aliphatic rings. The van der Waals surface area contributed by atoms with Crippen molar-refractivity contribution in [2.24, 2.45) is 4.99 Å². The minimum atomic E-state index is -0.540. The highest BCUT2D eigenvalue weighted by atomic mass is 127. The Morgan fingerprint density at radius 3 is 2.38 bits per heavy atom. The first-order valence-electron chi connectivity index (χ1n) is 9.35. The third kappa shape index (κ3) is 6.12. The van der Waals surface area contributed by atoms with Crippen LogP contribution >= 0.6 is 24.0 Å². The van der Waals surface area contributed by atoms with Gasteiger partial charge in [0.2, 0.25) is 5.91 Å². The zero-order valence-electron chi connectivity index (χ0n) is 16.3. The van der Waals surface area contributed by atoms with E-state index in [1.807, 2.05) is 24.3 Å². The summed E-state index contributed by atoms with van der Waals surface area (Å²) in [5.41, 5.74) is 2.02. The average molecular weight is 514 g/mol. The number of nitrogens with one attached hydrogen (secondary N) is 2. The molecule has 29 heavy (non-hydrogen) atoms. The van der Waals surface area contributed by atoms with Gasteiger partial charge in [-0.15, -0.1) is 24.0 Å². The molecule has 5 nitrogen and oxygen atoms in total. The predicted octanol–water partition coefficient (Wildman–Crippen LogP) is 3.62. The minimum absolute atomic E-state index is 0. The summed E-state index contributed by atoms with van der Waals surface area (Å²) in [6.45, 7) is 1.67. The lowest BCUT2D eigenvalue weighted by atomic mass is 10.1. The molecule has 156 valence electrons. The van der Waals surface area contributed by atoms with Gasteiger partial charge < -0.3 is 15.5 Å². The van der Waals surface area contributed by atoms with Gasteiger partial charge in [0.25, 0.3) is 0 Å². The molecule has 0 bridgehead atoms. The Balaban J connectivity index is 0.00000300. The number of hydrogen-bond donors (Lipinski definition) is 2. The Morgan fingerprint density at radius 2 is 1.79 bits per heavy atom. The lowest BCUT2D eigenvalue weighted by molar-refractivity contribution is -0.117. The fourth-order valence-electron chi connectivity index (χ4n) is 3.20. The number of anilines is 1. The van der Waals surface area contributed by atoms with Gasteiger partial charge in [-0.1, -0.05) is 18.2 Å². The molecule has 1 fully saturated rings. The third-order valence-electron chi connectivity index (χ3n) is 4.73. The molecular formula is C21H25F2IN4O. The highest BCUT2D eigenvalue weighted by Crippen LogP contribution is 2.21. The summed E-state index contributed by atoms with van der Waals surface area (Å²) in [5.74, 6) is -0.361. The van der Waals surface area contributed by atoms with E-state index < -0.39 is 11.6 Å². The predicted molar refractivity (Wildman–Crippen MR) is 122 cm³/mol. The number of carbonyl (C=O) groups excluding carboxylic acids is 1. The van der Waals surface area contributed by atoms with Crippen LogP contribution in [0.15, 0.2) is 47.5 Å². The zero-order chi connectivity index (χ0) is 19.9. The van der Waals surface area contributed by atoms with Crippen LogP contribution in [-0.2, 0) is 17.8 Å². The second-order valence-electron chi connectivity index (χ2n) is 6.62. The summed E-state index contributed by atoms with van der Waals surface area (Å²) in [6, 6.07) is 11.7. The number of aliphatic imine (C=N–C) groups is 1. The maximum absolute atomic E-state index is 13.7.